The summed E-state index contributed by atoms with van der Waals surface area (Å²) in [5.41, 5.74) is -0.182. The monoisotopic (exact) mass is 496 g/mol. The Labute approximate surface area is 198 Å². The molecule has 1 saturated carbocycles. The van der Waals surface area contributed by atoms with E-state index in [1.807, 2.05) is 0 Å². The first-order valence-electron chi connectivity index (χ1n) is 12.4. The first-order valence-corrected chi connectivity index (χ1v) is 16.3. The molecule has 33 heavy (non-hydrogen) atoms. The topological polar surface area (TPSA) is 91.8 Å². The molecule has 0 amide bonds. The molecule has 1 aromatic rings. The lowest BCUT2D eigenvalue weighted by molar-refractivity contribution is -0.0577. The Balaban J connectivity index is 1.81. The van der Waals surface area contributed by atoms with Crippen molar-refractivity contribution in [2.24, 2.45) is 5.41 Å². The molecule has 3 fully saturated rings. The van der Waals surface area contributed by atoms with E-state index in [1.54, 1.807) is 6.20 Å². The van der Waals surface area contributed by atoms with Crippen molar-refractivity contribution in [1.82, 2.24) is 9.55 Å². The summed E-state index contributed by atoms with van der Waals surface area (Å²) < 4.78 is 29.4. The summed E-state index contributed by atoms with van der Waals surface area (Å²) in [6, 6.07) is 1.37. The Morgan fingerprint density at radius 3 is 2.03 bits per heavy atom. The van der Waals surface area contributed by atoms with Crippen molar-refractivity contribution in [3.05, 3.63) is 33.1 Å². The summed E-state index contributed by atoms with van der Waals surface area (Å²) in [5.74, 6) is 0. The SMILES string of the molecule is CC(C)[Si]1(C(C)C)OCC2OC(n3ccc(=O)[nH]c3=O)C3(CC3)C2O[Si](C(C)C)(C(C)C)O1. The number of hydrogen-bond donors (Lipinski definition) is 1. The molecule has 10 heteroatoms. The van der Waals surface area contributed by atoms with Gasteiger partial charge in [-0.2, -0.15) is 0 Å². The molecular weight excluding hydrogens is 456 g/mol. The van der Waals surface area contributed by atoms with E-state index in [1.165, 1.54) is 10.6 Å². The molecule has 3 heterocycles. The number of nitrogens with zero attached hydrogens (tertiary/aromatic N) is 1. The van der Waals surface area contributed by atoms with Gasteiger partial charge in [0.2, 0.25) is 0 Å². The van der Waals surface area contributed by atoms with Crippen molar-refractivity contribution in [1.29, 1.82) is 0 Å². The minimum absolute atomic E-state index is 0.205. The lowest BCUT2D eigenvalue weighted by Gasteiger charge is -2.51. The van der Waals surface area contributed by atoms with Crippen LogP contribution in [0.5, 0.6) is 0 Å². The molecule has 4 rings (SSSR count). The maximum Gasteiger partial charge on any atom is 0.335 e. The van der Waals surface area contributed by atoms with Gasteiger partial charge in [-0.15, -0.1) is 0 Å². The molecule has 3 aliphatic rings. The zero-order chi connectivity index (χ0) is 24.3. The molecule has 1 spiro atoms. The first kappa shape index (κ1) is 25.1. The summed E-state index contributed by atoms with van der Waals surface area (Å²) in [7, 11) is -5.40. The van der Waals surface area contributed by atoms with Crippen LogP contribution in [0.3, 0.4) is 0 Å². The molecule has 1 N–H and O–H groups in total. The largest absolute Gasteiger partial charge is 0.414 e. The van der Waals surface area contributed by atoms with Gasteiger partial charge in [0, 0.05) is 17.7 Å². The summed E-state index contributed by atoms with van der Waals surface area (Å²) in [6.45, 7) is 18.0. The molecule has 186 valence electrons. The van der Waals surface area contributed by atoms with Gasteiger partial charge in [-0.25, -0.2) is 4.79 Å². The molecular formula is C23H40N2O6Si2. The molecule has 2 aliphatic heterocycles. The van der Waals surface area contributed by atoms with Crippen LogP contribution in [0.4, 0.5) is 0 Å². The van der Waals surface area contributed by atoms with Crippen LogP contribution in [0.25, 0.3) is 0 Å². The van der Waals surface area contributed by atoms with E-state index in [9.17, 15) is 9.59 Å². The van der Waals surface area contributed by atoms with Gasteiger partial charge >= 0.3 is 22.8 Å². The van der Waals surface area contributed by atoms with Crippen molar-refractivity contribution in [3.63, 3.8) is 0 Å². The summed E-state index contributed by atoms with van der Waals surface area (Å²) >= 11 is 0. The number of aromatic nitrogens is 2. The van der Waals surface area contributed by atoms with Crippen molar-refractivity contribution >= 4 is 17.1 Å². The molecule has 8 nitrogen and oxygen atoms in total. The van der Waals surface area contributed by atoms with Gasteiger partial charge in [0.15, 0.2) is 0 Å². The predicted octanol–water partition coefficient (Wildman–Crippen LogP) is 4.17. The quantitative estimate of drug-likeness (QED) is 0.615. The fourth-order valence-corrected chi connectivity index (χ4v) is 17.2. The van der Waals surface area contributed by atoms with Crippen LogP contribution in [-0.2, 0) is 17.7 Å². The van der Waals surface area contributed by atoms with Gasteiger partial charge in [-0.1, -0.05) is 55.4 Å². The van der Waals surface area contributed by atoms with Gasteiger partial charge in [0.1, 0.15) is 12.3 Å². The van der Waals surface area contributed by atoms with E-state index in [-0.39, 0.29) is 39.8 Å². The molecule has 2 saturated heterocycles. The van der Waals surface area contributed by atoms with Gasteiger partial charge in [0.05, 0.1) is 12.7 Å². The van der Waals surface area contributed by atoms with Gasteiger partial charge in [-0.3, -0.25) is 14.3 Å². The maximum atomic E-state index is 12.7. The Kier molecular flexibility index (Phi) is 6.50. The second-order valence-corrected chi connectivity index (χ2v) is 20.1. The molecule has 3 atom stereocenters. The number of rotatable bonds is 5. The average Bonchev–Trinajstić information content (AvgIpc) is 3.43. The fourth-order valence-electron chi connectivity index (χ4n) is 5.96. The first-order chi connectivity index (χ1) is 15.4. The van der Waals surface area contributed by atoms with Crippen molar-refractivity contribution in [2.45, 2.75) is 109 Å². The number of aromatic amines is 1. The fraction of sp³-hybridized carbons (Fsp3) is 0.826. The highest BCUT2D eigenvalue weighted by molar-refractivity contribution is 6.84. The Hall–Kier alpha value is -1.05. The van der Waals surface area contributed by atoms with Crippen LogP contribution in [-0.4, -0.2) is 45.5 Å². The van der Waals surface area contributed by atoms with E-state index in [4.69, 9.17) is 17.7 Å². The average molecular weight is 497 g/mol. The van der Waals surface area contributed by atoms with E-state index in [0.29, 0.717) is 6.61 Å². The lowest BCUT2D eigenvalue weighted by Crippen LogP contribution is -2.65. The van der Waals surface area contributed by atoms with Gasteiger partial charge in [0.25, 0.3) is 5.56 Å². The minimum atomic E-state index is -2.76. The second kappa shape index (κ2) is 8.56. The van der Waals surface area contributed by atoms with Crippen molar-refractivity contribution in [3.8, 4) is 0 Å². The Morgan fingerprint density at radius 2 is 1.55 bits per heavy atom. The second-order valence-electron chi connectivity index (χ2n) is 11.3. The lowest BCUT2D eigenvalue weighted by atomic mass is 9.96. The smallest absolute Gasteiger partial charge is 0.335 e. The summed E-state index contributed by atoms with van der Waals surface area (Å²) in [4.78, 5) is 26.7. The van der Waals surface area contributed by atoms with Crippen LogP contribution in [0.2, 0.25) is 22.2 Å². The molecule has 0 bridgehead atoms. The van der Waals surface area contributed by atoms with Crippen LogP contribution >= 0.6 is 0 Å². The zero-order valence-electron chi connectivity index (χ0n) is 21.2. The van der Waals surface area contributed by atoms with Crippen molar-refractivity contribution < 1.29 is 17.7 Å². The normalized spacial score (nSPS) is 30.1. The Bertz CT molecular complexity index is 968. The van der Waals surface area contributed by atoms with Gasteiger partial charge < -0.3 is 17.7 Å². The van der Waals surface area contributed by atoms with Crippen LogP contribution < -0.4 is 11.2 Å². The van der Waals surface area contributed by atoms with Crippen LogP contribution in [0, 0.1) is 5.41 Å². The van der Waals surface area contributed by atoms with Crippen LogP contribution in [0.15, 0.2) is 21.9 Å². The van der Waals surface area contributed by atoms with E-state index in [2.05, 4.69) is 60.4 Å². The molecule has 1 aliphatic carbocycles. The summed E-state index contributed by atoms with van der Waals surface area (Å²) in [6.07, 6.45) is 2.38. The van der Waals surface area contributed by atoms with Crippen molar-refractivity contribution in [2.75, 3.05) is 6.61 Å². The maximum absolute atomic E-state index is 12.7. The molecule has 1 aromatic heterocycles. The van der Waals surface area contributed by atoms with E-state index < -0.39 is 34.6 Å². The van der Waals surface area contributed by atoms with E-state index in [0.717, 1.165) is 12.8 Å². The third-order valence-corrected chi connectivity index (χ3v) is 18.2. The van der Waals surface area contributed by atoms with Gasteiger partial charge in [-0.05, 0) is 35.0 Å². The third-order valence-electron chi connectivity index (χ3n) is 7.95. The highest BCUT2D eigenvalue weighted by Crippen LogP contribution is 2.65. The predicted molar refractivity (Wildman–Crippen MR) is 131 cm³/mol. The number of nitrogens with one attached hydrogen (secondary N) is 1. The summed E-state index contributed by atoms with van der Waals surface area (Å²) in [5, 5.41) is 0. The highest BCUT2D eigenvalue weighted by Gasteiger charge is 2.69. The standard InChI is InChI=1S/C23H40N2O6Si2/c1-14(2)32(15(3)4)28-13-18-20(30-33(31-32,16(5)6)17(7)8)23(10-11-23)21(29-18)25-12-9-19(26)24-22(25)27/h9,12,14-18,20-21H,10-11,13H2,1-8H3,(H,24,26,27). The zero-order valence-corrected chi connectivity index (χ0v) is 23.2. The molecule has 0 radical (unpaired) electrons. The van der Waals surface area contributed by atoms with Crippen LogP contribution in [0.1, 0.15) is 74.5 Å². The number of hydrogen-bond acceptors (Lipinski definition) is 6. The third kappa shape index (κ3) is 3.86. The minimum Gasteiger partial charge on any atom is -0.414 e. The molecule has 3 unspecified atom stereocenters. The number of H-pyrrole nitrogens is 1. The Morgan fingerprint density at radius 1 is 0.970 bits per heavy atom. The number of ether oxygens (including phenoxy) is 1. The van der Waals surface area contributed by atoms with E-state index >= 15 is 0 Å². The molecule has 0 aromatic carbocycles. The number of fused-ring (bicyclic) bond motifs is 2. The highest BCUT2D eigenvalue weighted by atomic mass is 28.5.